The standard InChI is InChI=1S/C16H16O4S2/c1-2-20-15(19)10-21-16-12(9-17)13(18)8-14(22-16)11-6-4-3-5-7-11/h3-7,9,14H,2,8,10H2,1H3. The van der Waals surface area contributed by atoms with Crippen molar-refractivity contribution in [2.24, 2.45) is 0 Å². The minimum Gasteiger partial charge on any atom is -0.465 e. The van der Waals surface area contributed by atoms with Gasteiger partial charge in [0.2, 0.25) is 0 Å². The molecule has 0 N–H and O–H groups in total. The van der Waals surface area contributed by atoms with E-state index in [9.17, 15) is 14.4 Å². The maximum Gasteiger partial charge on any atom is 0.316 e. The van der Waals surface area contributed by atoms with Gasteiger partial charge in [0.15, 0.2) is 12.1 Å². The van der Waals surface area contributed by atoms with Crippen molar-refractivity contribution in [3.8, 4) is 0 Å². The molecule has 1 unspecified atom stereocenters. The summed E-state index contributed by atoms with van der Waals surface area (Å²) in [5.74, 6) is -0.420. The van der Waals surface area contributed by atoms with Crippen molar-refractivity contribution in [3.05, 3.63) is 45.7 Å². The van der Waals surface area contributed by atoms with Crippen LogP contribution in [0.15, 0.2) is 40.1 Å². The number of ketones is 1. The lowest BCUT2D eigenvalue weighted by Gasteiger charge is -2.23. The second-order valence-corrected chi connectivity index (χ2v) is 7.01. The molecule has 4 nitrogen and oxygen atoms in total. The zero-order chi connectivity index (χ0) is 15.9. The maximum absolute atomic E-state index is 12.2. The van der Waals surface area contributed by atoms with Gasteiger partial charge in [0.25, 0.3) is 0 Å². The fraction of sp³-hybridized carbons (Fsp3) is 0.312. The molecule has 0 fully saturated rings. The molecule has 0 aliphatic carbocycles. The van der Waals surface area contributed by atoms with Crippen molar-refractivity contribution >= 4 is 41.6 Å². The average Bonchev–Trinajstić information content (AvgIpc) is 2.53. The lowest BCUT2D eigenvalue weighted by molar-refractivity contribution is -0.139. The molecule has 0 aromatic heterocycles. The highest BCUT2D eigenvalue weighted by Gasteiger charge is 2.29. The number of carbonyl (C=O) groups excluding carboxylic acids is 3. The molecule has 0 spiro atoms. The van der Waals surface area contributed by atoms with Crippen LogP contribution in [0.5, 0.6) is 0 Å². The van der Waals surface area contributed by atoms with Gasteiger partial charge in [0.05, 0.1) is 22.2 Å². The van der Waals surface area contributed by atoms with E-state index in [1.165, 1.54) is 23.5 Å². The smallest absolute Gasteiger partial charge is 0.316 e. The number of rotatable bonds is 6. The Morgan fingerprint density at radius 2 is 2.14 bits per heavy atom. The van der Waals surface area contributed by atoms with Crippen LogP contribution in [0.25, 0.3) is 0 Å². The highest BCUT2D eigenvalue weighted by molar-refractivity contribution is 8.22. The van der Waals surface area contributed by atoms with E-state index in [-0.39, 0.29) is 28.3 Å². The molecule has 6 heteroatoms. The zero-order valence-electron chi connectivity index (χ0n) is 12.1. The number of hydrogen-bond donors (Lipinski definition) is 0. The molecule has 0 saturated carbocycles. The Balaban J connectivity index is 2.14. The van der Waals surface area contributed by atoms with Crippen LogP contribution < -0.4 is 0 Å². The predicted octanol–water partition coefficient (Wildman–Crippen LogP) is 3.14. The van der Waals surface area contributed by atoms with Crippen LogP contribution in [0.4, 0.5) is 0 Å². The summed E-state index contributed by atoms with van der Waals surface area (Å²) in [4.78, 5) is 34.8. The summed E-state index contributed by atoms with van der Waals surface area (Å²) in [6.45, 7) is 2.06. The Kier molecular flexibility index (Phi) is 6.27. The van der Waals surface area contributed by atoms with E-state index in [0.717, 1.165) is 5.56 Å². The quantitative estimate of drug-likeness (QED) is 0.452. The number of Topliss-reactive ketones (excluding diaryl/α,β-unsaturated/α-hetero) is 1. The van der Waals surface area contributed by atoms with Crippen LogP contribution in [0.2, 0.25) is 0 Å². The number of ether oxygens (including phenoxy) is 1. The monoisotopic (exact) mass is 336 g/mol. The fourth-order valence-corrected chi connectivity index (χ4v) is 4.56. The summed E-state index contributed by atoms with van der Waals surface area (Å²) in [5, 5.41) is -0.0258. The lowest BCUT2D eigenvalue weighted by atomic mass is 10.0. The van der Waals surface area contributed by atoms with Gasteiger partial charge >= 0.3 is 5.97 Å². The number of carbonyl (C=O) groups is 3. The predicted molar refractivity (Wildman–Crippen MR) is 88.6 cm³/mol. The Labute approximate surface area is 137 Å². The molecular weight excluding hydrogens is 320 g/mol. The van der Waals surface area contributed by atoms with E-state index < -0.39 is 0 Å². The van der Waals surface area contributed by atoms with E-state index in [2.05, 4.69) is 0 Å². The average molecular weight is 336 g/mol. The Bertz CT molecular complexity index is 595. The van der Waals surface area contributed by atoms with E-state index in [4.69, 9.17) is 4.74 Å². The number of esters is 1. The van der Waals surface area contributed by atoms with Gasteiger partial charge in [-0.15, -0.1) is 23.5 Å². The molecule has 1 heterocycles. The molecule has 2 rings (SSSR count). The third-order valence-electron chi connectivity index (χ3n) is 3.06. The first-order valence-electron chi connectivity index (χ1n) is 6.88. The molecule has 1 atom stereocenters. The van der Waals surface area contributed by atoms with Gasteiger partial charge in [-0.3, -0.25) is 14.4 Å². The van der Waals surface area contributed by atoms with Gasteiger partial charge in [0.1, 0.15) is 0 Å². The molecule has 1 aliphatic rings. The highest BCUT2D eigenvalue weighted by Crippen LogP contribution is 2.47. The molecule has 0 bridgehead atoms. The summed E-state index contributed by atoms with van der Waals surface area (Å²) < 4.78 is 5.48. The molecular formula is C16H16O4S2. The summed E-state index contributed by atoms with van der Waals surface area (Å²) in [6, 6.07) is 9.69. The molecule has 1 aliphatic heterocycles. The van der Waals surface area contributed by atoms with E-state index in [1.807, 2.05) is 30.3 Å². The number of thioether (sulfide) groups is 2. The zero-order valence-corrected chi connectivity index (χ0v) is 13.7. The van der Waals surface area contributed by atoms with Crippen LogP contribution in [0.3, 0.4) is 0 Å². The topological polar surface area (TPSA) is 60.4 Å². The first-order chi connectivity index (χ1) is 10.7. The number of aldehydes is 1. The van der Waals surface area contributed by atoms with E-state index in [0.29, 0.717) is 23.6 Å². The minimum absolute atomic E-state index is 0.0258. The van der Waals surface area contributed by atoms with Gasteiger partial charge in [-0.2, -0.15) is 0 Å². The molecule has 0 saturated heterocycles. The van der Waals surface area contributed by atoms with Gasteiger partial charge in [-0.05, 0) is 12.5 Å². The van der Waals surface area contributed by atoms with Crippen LogP contribution in [-0.4, -0.2) is 30.4 Å². The molecule has 0 radical (unpaired) electrons. The Morgan fingerprint density at radius 1 is 1.41 bits per heavy atom. The molecule has 116 valence electrons. The number of hydrogen-bond acceptors (Lipinski definition) is 6. The van der Waals surface area contributed by atoms with E-state index in [1.54, 1.807) is 6.92 Å². The van der Waals surface area contributed by atoms with Crippen molar-refractivity contribution in [1.29, 1.82) is 0 Å². The summed E-state index contributed by atoms with van der Waals surface area (Å²) in [5.41, 5.74) is 1.21. The number of benzene rings is 1. The summed E-state index contributed by atoms with van der Waals surface area (Å²) in [7, 11) is 0. The van der Waals surface area contributed by atoms with Crippen LogP contribution in [0.1, 0.15) is 24.2 Å². The third-order valence-corrected chi connectivity index (χ3v) is 5.72. The van der Waals surface area contributed by atoms with Gasteiger partial charge < -0.3 is 4.74 Å². The molecule has 0 amide bonds. The second-order valence-electron chi connectivity index (χ2n) is 4.56. The summed E-state index contributed by atoms with van der Waals surface area (Å²) in [6.07, 6.45) is 0.885. The SMILES string of the molecule is CCOC(=O)CSC1=C(C=O)C(=O)CC(c2ccccc2)S1. The molecule has 22 heavy (non-hydrogen) atoms. The van der Waals surface area contributed by atoms with Crippen molar-refractivity contribution < 1.29 is 19.1 Å². The Morgan fingerprint density at radius 3 is 2.77 bits per heavy atom. The van der Waals surface area contributed by atoms with Crippen molar-refractivity contribution in [2.45, 2.75) is 18.6 Å². The lowest BCUT2D eigenvalue weighted by Crippen LogP contribution is -2.16. The van der Waals surface area contributed by atoms with E-state index >= 15 is 0 Å². The van der Waals surface area contributed by atoms with Gasteiger partial charge in [-0.1, -0.05) is 30.3 Å². The first kappa shape index (κ1) is 16.8. The Hall–Kier alpha value is -1.53. The molecule has 1 aromatic rings. The van der Waals surface area contributed by atoms with Crippen molar-refractivity contribution in [1.82, 2.24) is 0 Å². The maximum atomic E-state index is 12.2. The largest absolute Gasteiger partial charge is 0.465 e. The van der Waals surface area contributed by atoms with Crippen LogP contribution in [-0.2, 0) is 19.1 Å². The first-order valence-corrected chi connectivity index (χ1v) is 8.75. The van der Waals surface area contributed by atoms with Crippen molar-refractivity contribution in [2.75, 3.05) is 12.4 Å². The van der Waals surface area contributed by atoms with Crippen molar-refractivity contribution in [3.63, 3.8) is 0 Å². The van der Waals surface area contributed by atoms with Crippen LogP contribution in [0, 0.1) is 0 Å². The molecule has 1 aromatic carbocycles. The minimum atomic E-state index is -0.347. The fourth-order valence-electron chi connectivity index (χ4n) is 2.03. The highest BCUT2D eigenvalue weighted by atomic mass is 32.2. The normalized spacial score (nSPS) is 18.2. The third kappa shape index (κ3) is 4.24. The van der Waals surface area contributed by atoms with Crippen LogP contribution >= 0.6 is 23.5 Å². The van der Waals surface area contributed by atoms with Gasteiger partial charge in [0, 0.05) is 11.7 Å². The number of allylic oxidation sites excluding steroid dienone is 1. The van der Waals surface area contributed by atoms with Gasteiger partial charge in [-0.25, -0.2) is 0 Å². The summed E-state index contributed by atoms with van der Waals surface area (Å²) >= 11 is 2.66. The second kappa shape index (κ2) is 8.19.